The van der Waals surface area contributed by atoms with Crippen LogP contribution in [0.5, 0.6) is 5.75 Å². The van der Waals surface area contributed by atoms with Gasteiger partial charge in [-0.25, -0.2) is 0 Å². The van der Waals surface area contributed by atoms with Crippen LogP contribution in [-0.2, 0) is 12.8 Å². The number of hydrogen-bond donors (Lipinski definition) is 1. The van der Waals surface area contributed by atoms with Crippen molar-refractivity contribution in [3.05, 3.63) is 59.4 Å². The first-order valence-corrected chi connectivity index (χ1v) is 7.21. The van der Waals surface area contributed by atoms with Crippen molar-refractivity contribution in [3.63, 3.8) is 0 Å². The second kappa shape index (κ2) is 6.06. The van der Waals surface area contributed by atoms with E-state index < -0.39 is 0 Å². The summed E-state index contributed by atoms with van der Waals surface area (Å²) in [6.45, 7) is 4.01. The third-order valence-corrected chi connectivity index (χ3v) is 3.83. The lowest BCUT2D eigenvalue weighted by molar-refractivity contribution is 0.356. The summed E-state index contributed by atoms with van der Waals surface area (Å²) in [5.74, 6) is 1.05. The number of benzene rings is 1. The van der Waals surface area contributed by atoms with Gasteiger partial charge in [0.15, 0.2) is 0 Å². The Morgan fingerprint density at radius 3 is 2.95 bits per heavy atom. The molecular weight excluding hydrogens is 248 g/mol. The van der Waals surface area contributed by atoms with Crippen molar-refractivity contribution in [1.82, 2.24) is 10.3 Å². The van der Waals surface area contributed by atoms with Crippen molar-refractivity contribution < 1.29 is 4.74 Å². The van der Waals surface area contributed by atoms with Crippen LogP contribution in [0.15, 0.2) is 42.7 Å². The molecule has 1 atom stereocenters. The van der Waals surface area contributed by atoms with Crippen LogP contribution in [-0.4, -0.2) is 18.1 Å². The van der Waals surface area contributed by atoms with E-state index in [-0.39, 0.29) is 0 Å². The standard InChI is InChI=1S/C17H20N2O/c1-13(19-10-6-14-4-8-18-9-5-14)15-2-3-17-16(12-15)7-11-20-17/h2-5,8-9,12-13,19H,6-7,10-11H2,1H3. The first kappa shape index (κ1) is 13.1. The van der Waals surface area contributed by atoms with Crippen LogP contribution in [0.4, 0.5) is 0 Å². The molecule has 104 valence electrons. The van der Waals surface area contributed by atoms with Crippen molar-refractivity contribution in [2.24, 2.45) is 0 Å². The quantitative estimate of drug-likeness (QED) is 0.905. The summed E-state index contributed by atoms with van der Waals surface area (Å²) in [6, 6.07) is 11.0. The Kier molecular flexibility index (Phi) is 3.97. The van der Waals surface area contributed by atoms with Crippen molar-refractivity contribution in [2.45, 2.75) is 25.8 Å². The summed E-state index contributed by atoms with van der Waals surface area (Å²) in [7, 11) is 0. The number of hydrogen-bond acceptors (Lipinski definition) is 3. The number of ether oxygens (including phenoxy) is 1. The van der Waals surface area contributed by atoms with E-state index in [1.165, 1.54) is 16.7 Å². The molecule has 1 aliphatic rings. The van der Waals surface area contributed by atoms with Gasteiger partial charge in [-0.15, -0.1) is 0 Å². The maximum atomic E-state index is 5.55. The minimum absolute atomic E-state index is 0.364. The monoisotopic (exact) mass is 268 g/mol. The largest absolute Gasteiger partial charge is 0.493 e. The molecule has 0 spiro atoms. The average molecular weight is 268 g/mol. The molecule has 0 amide bonds. The Morgan fingerprint density at radius 1 is 1.25 bits per heavy atom. The Morgan fingerprint density at radius 2 is 2.10 bits per heavy atom. The van der Waals surface area contributed by atoms with Crippen LogP contribution in [0.25, 0.3) is 0 Å². The highest BCUT2D eigenvalue weighted by Crippen LogP contribution is 2.27. The van der Waals surface area contributed by atoms with E-state index in [0.717, 1.165) is 31.7 Å². The summed E-state index contributed by atoms with van der Waals surface area (Å²) in [5, 5.41) is 3.58. The second-order valence-corrected chi connectivity index (χ2v) is 5.25. The van der Waals surface area contributed by atoms with Crippen molar-refractivity contribution in [2.75, 3.05) is 13.2 Å². The summed E-state index contributed by atoms with van der Waals surface area (Å²) >= 11 is 0. The van der Waals surface area contributed by atoms with E-state index in [1.54, 1.807) is 0 Å². The van der Waals surface area contributed by atoms with Gasteiger partial charge >= 0.3 is 0 Å². The molecule has 1 aromatic heterocycles. The normalized spacial score (nSPS) is 14.7. The van der Waals surface area contributed by atoms with Crippen molar-refractivity contribution in [3.8, 4) is 5.75 Å². The highest BCUT2D eigenvalue weighted by Gasteiger charge is 2.14. The minimum Gasteiger partial charge on any atom is -0.493 e. The summed E-state index contributed by atoms with van der Waals surface area (Å²) < 4.78 is 5.55. The van der Waals surface area contributed by atoms with Gasteiger partial charge in [-0.1, -0.05) is 12.1 Å². The van der Waals surface area contributed by atoms with Gasteiger partial charge in [0, 0.05) is 24.9 Å². The number of nitrogens with zero attached hydrogens (tertiary/aromatic N) is 1. The Balaban J connectivity index is 1.55. The van der Waals surface area contributed by atoms with Crippen LogP contribution < -0.4 is 10.1 Å². The van der Waals surface area contributed by atoms with Gasteiger partial charge in [-0.05, 0) is 54.8 Å². The Hall–Kier alpha value is -1.87. The third-order valence-electron chi connectivity index (χ3n) is 3.83. The molecule has 2 aromatic rings. The summed E-state index contributed by atoms with van der Waals surface area (Å²) in [4.78, 5) is 4.04. The highest BCUT2D eigenvalue weighted by molar-refractivity contribution is 5.40. The van der Waals surface area contributed by atoms with E-state index in [4.69, 9.17) is 4.74 Å². The summed E-state index contributed by atoms with van der Waals surface area (Å²) in [5.41, 5.74) is 4.00. The molecule has 3 heteroatoms. The molecule has 0 bridgehead atoms. The number of pyridine rings is 1. The van der Waals surface area contributed by atoms with Crippen LogP contribution >= 0.6 is 0 Å². The fraction of sp³-hybridized carbons (Fsp3) is 0.353. The topological polar surface area (TPSA) is 34.2 Å². The third kappa shape index (κ3) is 2.99. The van der Waals surface area contributed by atoms with Gasteiger partial charge in [-0.2, -0.15) is 0 Å². The maximum absolute atomic E-state index is 5.55. The second-order valence-electron chi connectivity index (χ2n) is 5.25. The number of aromatic nitrogens is 1. The van der Waals surface area contributed by atoms with Gasteiger partial charge in [-0.3, -0.25) is 4.98 Å². The highest BCUT2D eigenvalue weighted by atomic mass is 16.5. The summed E-state index contributed by atoms with van der Waals surface area (Å²) in [6.07, 6.45) is 5.76. The number of fused-ring (bicyclic) bond motifs is 1. The zero-order valence-corrected chi connectivity index (χ0v) is 11.8. The molecule has 0 radical (unpaired) electrons. The van der Waals surface area contributed by atoms with Gasteiger partial charge < -0.3 is 10.1 Å². The molecule has 1 aliphatic heterocycles. The number of rotatable bonds is 5. The van der Waals surface area contributed by atoms with Crippen LogP contribution in [0.1, 0.15) is 29.7 Å². The van der Waals surface area contributed by atoms with E-state index in [0.29, 0.717) is 6.04 Å². The minimum atomic E-state index is 0.364. The molecule has 1 unspecified atom stereocenters. The molecule has 0 saturated carbocycles. The smallest absolute Gasteiger partial charge is 0.122 e. The van der Waals surface area contributed by atoms with Crippen LogP contribution in [0.2, 0.25) is 0 Å². The van der Waals surface area contributed by atoms with E-state index in [9.17, 15) is 0 Å². The molecule has 0 fully saturated rings. The van der Waals surface area contributed by atoms with Crippen molar-refractivity contribution >= 4 is 0 Å². The molecule has 0 saturated heterocycles. The predicted octanol–water partition coefficient (Wildman–Crippen LogP) is 2.91. The molecule has 3 rings (SSSR count). The SMILES string of the molecule is CC(NCCc1ccncc1)c1ccc2c(c1)CCO2. The van der Waals surface area contributed by atoms with Crippen LogP contribution in [0, 0.1) is 0 Å². The molecule has 2 heterocycles. The lowest BCUT2D eigenvalue weighted by Crippen LogP contribution is -2.21. The Bertz CT molecular complexity index is 568. The van der Waals surface area contributed by atoms with Gasteiger partial charge in [0.2, 0.25) is 0 Å². The van der Waals surface area contributed by atoms with Gasteiger partial charge in [0.25, 0.3) is 0 Å². The fourth-order valence-electron chi connectivity index (χ4n) is 2.58. The zero-order valence-electron chi connectivity index (χ0n) is 11.8. The van der Waals surface area contributed by atoms with E-state index in [1.807, 2.05) is 12.4 Å². The predicted molar refractivity (Wildman–Crippen MR) is 80.0 cm³/mol. The molecule has 0 aliphatic carbocycles. The van der Waals surface area contributed by atoms with Gasteiger partial charge in [0.1, 0.15) is 5.75 Å². The molecule has 1 N–H and O–H groups in total. The fourth-order valence-corrected chi connectivity index (χ4v) is 2.58. The van der Waals surface area contributed by atoms with Crippen LogP contribution in [0.3, 0.4) is 0 Å². The van der Waals surface area contributed by atoms with Crippen molar-refractivity contribution in [1.29, 1.82) is 0 Å². The van der Waals surface area contributed by atoms with E-state index in [2.05, 4.69) is 47.6 Å². The van der Waals surface area contributed by atoms with E-state index >= 15 is 0 Å². The average Bonchev–Trinajstić information content (AvgIpc) is 2.95. The lowest BCUT2D eigenvalue weighted by atomic mass is 10.0. The first-order valence-electron chi connectivity index (χ1n) is 7.21. The maximum Gasteiger partial charge on any atom is 0.122 e. The number of nitrogens with one attached hydrogen (secondary N) is 1. The lowest BCUT2D eigenvalue weighted by Gasteiger charge is -2.15. The molecule has 20 heavy (non-hydrogen) atoms. The molecule has 1 aromatic carbocycles. The van der Waals surface area contributed by atoms with Gasteiger partial charge in [0.05, 0.1) is 6.61 Å². The zero-order chi connectivity index (χ0) is 13.8. The Labute approximate surface area is 120 Å². The molecular formula is C17H20N2O. The first-order chi connectivity index (χ1) is 9.83. The molecule has 3 nitrogen and oxygen atoms in total.